The number of nitrogens with zero attached hydrogens (tertiary/aromatic N) is 5. The minimum atomic E-state index is -2.54. The lowest BCUT2D eigenvalue weighted by Crippen LogP contribution is -2.39. The molecule has 0 saturated carbocycles. The number of hydrogen-bond donors (Lipinski definition) is 1. The quantitative estimate of drug-likeness (QED) is 0.668. The van der Waals surface area contributed by atoms with Crippen LogP contribution in [0.15, 0.2) is 36.9 Å². The molecule has 3 aromatic heterocycles. The van der Waals surface area contributed by atoms with Gasteiger partial charge in [0, 0.05) is 24.2 Å². The normalized spacial score (nSPS) is 16.1. The summed E-state index contributed by atoms with van der Waals surface area (Å²) in [6, 6.07) is 3.64. The zero-order valence-electron chi connectivity index (χ0n) is 17.7. The van der Waals surface area contributed by atoms with Crippen LogP contribution < -0.4 is 4.90 Å². The first-order valence-electron chi connectivity index (χ1n) is 9.90. The standard InChI is InChI=1S/C22H23F2N5O2/c1-12-5-17(15-6-14(13(2)30)7-25-8-15)27-20-19(12)21(31)29(22(20,3)4)16-9-26-28(10-16)11-18(23)24/h5-10,13,18,30H,11H2,1-4H3. The van der Waals surface area contributed by atoms with E-state index in [9.17, 15) is 18.7 Å². The summed E-state index contributed by atoms with van der Waals surface area (Å²) < 4.78 is 26.6. The molecule has 1 N–H and O–H groups in total. The van der Waals surface area contributed by atoms with Gasteiger partial charge in [0.2, 0.25) is 0 Å². The summed E-state index contributed by atoms with van der Waals surface area (Å²) in [5.74, 6) is -0.246. The number of hydrogen-bond acceptors (Lipinski definition) is 5. The number of pyridine rings is 2. The van der Waals surface area contributed by atoms with E-state index >= 15 is 0 Å². The zero-order chi connectivity index (χ0) is 22.5. The number of rotatable bonds is 5. The molecule has 162 valence electrons. The van der Waals surface area contributed by atoms with Gasteiger partial charge in [0.15, 0.2) is 0 Å². The Hall–Kier alpha value is -3.20. The number of aryl methyl sites for hydroxylation is 1. The third-order valence-corrected chi connectivity index (χ3v) is 5.51. The molecule has 3 aromatic rings. The smallest absolute Gasteiger partial charge is 0.261 e. The highest BCUT2D eigenvalue weighted by molar-refractivity contribution is 6.12. The molecule has 1 atom stereocenters. The average molecular weight is 427 g/mol. The summed E-state index contributed by atoms with van der Waals surface area (Å²) in [7, 11) is 0. The highest BCUT2D eigenvalue weighted by Crippen LogP contribution is 2.43. The van der Waals surface area contributed by atoms with Gasteiger partial charge in [0.1, 0.15) is 6.54 Å². The van der Waals surface area contributed by atoms with Crippen molar-refractivity contribution in [2.24, 2.45) is 0 Å². The summed E-state index contributed by atoms with van der Waals surface area (Å²) in [6.45, 7) is 6.69. The van der Waals surface area contributed by atoms with Gasteiger partial charge in [-0.2, -0.15) is 5.10 Å². The molecule has 1 aliphatic rings. The van der Waals surface area contributed by atoms with E-state index in [2.05, 4.69) is 10.1 Å². The van der Waals surface area contributed by atoms with Crippen LogP contribution in [0.4, 0.5) is 14.5 Å². The summed E-state index contributed by atoms with van der Waals surface area (Å²) in [5.41, 5.74) is 3.50. The maximum Gasteiger partial charge on any atom is 0.261 e. The Morgan fingerprint density at radius 2 is 1.94 bits per heavy atom. The third kappa shape index (κ3) is 3.59. The molecule has 4 rings (SSSR count). The zero-order valence-corrected chi connectivity index (χ0v) is 17.7. The van der Waals surface area contributed by atoms with E-state index in [4.69, 9.17) is 4.98 Å². The number of amides is 1. The maximum atomic E-state index is 13.3. The Bertz CT molecular complexity index is 1160. The van der Waals surface area contributed by atoms with Crippen LogP contribution >= 0.6 is 0 Å². The van der Waals surface area contributed by atoms with Crippen LogP contribution in [0, 0.1) is 6.92 Å². The molecule has 4 heterocycles. The number of anilines is 1. The maximum absolute atomic E-state index is 13.3. The average Bonchev–Trinajstić information content (AvgIpc) is 3.21. The molecule has 0 aromatic carbocycles. The van der Waals surface area contributed by atoms with E-state index in [0.29, 0.717) is 28.2 Å². The van der Waals surface area contributed by atoms with E-state index in [0.717, 1.165) is 15.8 Å². The van der Waals surface area contributed by atoms with E-state index < -0.39 is 24.6 Å². The predicted octanol–water partition coefficient (Wildman–Crippen LogP) is 3.86. The number of aliphatic hydroxyl groups is 1. The van der Waals surface area contributed by atoms with Gasteiger partial charge < -0.3 is 5.11 Å². The van der Waals surface area contributed by atoms with Crippen LogP contribution in [0.5, 0.6) is 0 Å². The molecule has 0 fully saturated rings. The van der Waals surface area contributed by atoms with Crippen LogP contribution in [0.1, 0.15) is 54.1 Å². The molecule has 0 radical (unpaired) electrons. The summed E-state index contributed by atoms with van der Waals surface area (Å²) in [4.78, 5) is 23.8. The molecule has 1 aliphatic heterocycles. The van der Waals surface area contributed by atoms with Gasteiger partial charge in [-0.05, 0) is 51.0 Å². The summed E-state index contributed by atoms with van der Waals surface area (Å²) >= 11 is 0. The lowest BCUT2D eigenvalue weighted by atomic mass is 9.96. The first-order chi connectivity index (χ1) is 14.6. The fourth-order valence-corrected chi connectivity index (χ4v) is 3.98. The molecule has 7 nitrogen and oxygen atoms in total. The number of aliphatic hydroxyl groups excluding tert-OH is 1. The van der Waals surface area contributed by atoms with E-state index in [1.165, 1.54) is 12.4 Å². The lowest BCUT2D eigenvalue weighted by Gasteiger charge is -2.30. The topological polar surface area (TPSA) is 84.1 Å². The van der Waals surface area contributed by atoms with Gasteiger partial charge in [-0.1, -0.05) is 0 Å². The number of carbonyl (C=O) groups is 1. The Balaban J connectivity index is 1.78. The van der Waals surface area contributed by atoms with Crippen LogP contribution in [-0.2, 0) is 12.1 Å². The van der Waals surface area contributed by atoms with E-state index in [1.807, 2.05) is 32.9 Å². The molecule has 1 unspecified atom stereocenters. The molecule has 1 amide bonds. The second-order valence-corrected chi connectivity index (χ2v) is 8.24. The molecular formula is C22H23F2N5O2. The van der Waals surface area contributed by atoms with Gasteiger partial charge in [-0.25, -0.2) is 13.8 Å². The Kier molecular flexibility index (Phi) is 5.09. The summed E-state index contributed by atoms with van der Waals surface area (Å²) in [5, 5.41) is 13.8. The van der Waals surface area contributed by atoms with Crippen molar-refractivity contribution in [1.29, 1.82) is 0 Å². The Labute approximate surface area is 178 Å². The minimum Gasteiger partial charge on any atom is -0.389 e. The monoisotopic (exact) mass is 427 g/mol. The van der Waals surface area contributed by atoms with Gasteiger partial charge >= 0.3 is 0 Å². The highest BCUT2D eigenvalue weighted by atomic mass is 19.3. The predicted molar refractivity (Wildman–Crippen MR) is 111 cm³/mol. The Morgan fingerprint density at radius 3 is 2.61 bits per heavy atom. The molecule has 0 saturated heterocycles. The third-order valence-electron chi connectivity index (χ3n) is 5.51. The minimum absolute atomic E-state index is 0.246. The van der Waals surface area contributed by atoms with Crippen LogP contribution in [0.2, 0.25) is 0 Å². The summed E-state index contributed by atoms with van der Waals surface area (Å²) in [6.07, 6.45) is 2.92. The van der Waals surface area contributed by atoms with Gasteiger partial charge in [-0.3, -0.25) is 19.4 Å². The number of fused-ring (bicyclic) bond motifs is 1. The molecule has 9 heteroatoms. The van der Waals surface area contributed by atoms with Gasteiger partial charge in [0.05, 0.1) is 40.5 Å². The number of alkyl halides is 2. The molecule has 0 bridgehead atoms. The lowest BCUT2D eigenvalue weighted by molar-refractivity contribution is 0.0981. The second kappa shape index (κ2) is 7.49. The molecule has 31 heavy (non-hydrogen) atoms. The number of aromatic nitrogens is 4. The first kappa shape index (κ1) is 21.0. The van der Waals surface area contributed by atoms with Crippen molar-refractivity contribution in [2.75, 3.05) is 4.90 Å². The van der Waals surface area contributed by atoms with Crippen molar-refractivity contribution in [1.82, 2.24) is 19.7 Å². The first-order valence-corrected chi connectivity index (χ1v) is 9.90. The fourth-order valence-electron chi connectivity index (χ4n) is 3.98. The SMILES string of the molecule is Cc1cc(-c2cncc(C(C)O)c2)nc2c1C(=O)N(c1cnn(CC(F)F)c1)C2(C)C. The second-order valence-electron chi connectivity index (χ2n) is 8.24. The van der Waals surface area contributed by atoms with Crippen molar-refractivity contribution in [2.45, 2.75) is 52.3 Å². The molecule has 0 aliphatic carbocycles. The fraction of sp³-hybridized carbons (Fsp3) is 0.364. The van der Waals surface area contributed by atoms with Crippen LogP contribution in [0.25, 0.3) is 11.3 Å². The van der Waals surface area contributed by atoms with Gasteiger partial charge in [0.25, 0.3) is 12.3 Å². The number of halogens is 2. The van der Waals surface area contributed by atoms with Crippen molar-refractivity contribution >= 4 is 11.6 Å². The van der Waals surface area contributed by atoms with E-state index in [-0.39, 0.29) is 5.91 Å². The van der Waals surface area contributed by atoms with Gasteiger partial charge in [-0.15, -0.1) is 0 Å². The van der Waals surface area contributed by atoms with Crippen molar-refractivity contribution < 1.29 is 18.7 Å². The highest BCUT2D eigenvalue weighted by Gasteiger charge is 2.47. The van der Waals surface area contributed by atoms with E-state index in [1.54, 1.807) is 24.2 Å². The largest absolute Gasteiger partial charge is 0.389 e. The van der Waals surface area contributed by atoms with Crippen molar-refractivity contribution in [3.63, 3.8) is 0 Å². The van der Waals surface area contributed by atoms with Crippen molar-refractivity contribution in [3.05, 3.63) is 59.3 Å². The number of carbonyl (C=O) groups excluding carboxylic acids is 1. The molecular weight excluding hydrogens is 404 g/mol. The molecule has 0 spiro atoms. The van der Waals surface area contributed by atoms with Crippen LogP contribution in [0.3, 0.4) is 0 Å². The van der Waals surface area contributed by atoms with Crippen LogP contribution in [-0.4, -0.2) is 37.2 Å². The Morgan fingerprint density at radius 1 is 1.19 bits per heavy atom. The van der Waals surface area contributed by atoms with Crippen molar-refractivity contribution in [3.8, 4) is 11.3 Å².